The summed E-state index contributed by atoms with van der Waals surface area (Å²) in [6.07, 6.45) is 7.88. The van der Waals surface area contributed by atoms with Crippen LogP contribution >= 0.6 is 0 Å². The number of nitrogens with zero attached hydrogens (tertiary/aromatic N) is 2. The van der Waals surface area contributed by atoms with Crippen LogP contribution in [0.2, 0.25) is 0 Å². The molecule has 0 aliphatic carbocycles. The first-order valence-corrected chi connectivity index (χ1v) is 11.0. The van der Waals surface area contributed by atoms with E-state index in [9.17, 15) is 19.8 Å². The number of unbranched alkanes of at least 4 members (excludes halogenated alkanes) is 7. The highest BCUT2D eigenvalue weighted by molar-refractivity contribution is 5.64. The summed E-state index contributed by atoms with van der Waals surface area (Å²) < 4.78 is 1.69. The van der Waals surface area contributed by atoms with E-state index >= 15 is 0 Å². The fourth-order valence-electron chi connectivity index (χ4n) is 2.20. The van der Waals surface area contributed by atoms with Gasteiger partial charge in [-0.1, -0.05) is 38.5 Å². The maximum atomic E-state index is 10.1. The normalized spacial score (nSPS) is 11.1. The van der Waals surface area contributed by atoms with Gasteiger partial charge in [-0.05, 0) is 25.7 Å². The van der Waals surface area contributed by atoms with Gasteiger partial charge in [0.25, 0.3) is 0 Å². The molecule has 0 aliphatic heterocycles. The number of aliphatic carboxylic acids is 2. The van der Waals surface area contributed by atoms with Gasteiger partial charge in [-0.2, -0.15) is 0 Å². The van der Waals surface area contributed by atoms with Gasteiger partial charge in [0.15, 0.2) is 0 Å². The number of carboxylic acids is 2. The molecular formula is C22H48N2O6. The maximum Gasteiger partial charge on any atom is 0.101 e. The molecule has 2 N–H and O–H groups in total. The zero-order valence-electron chi connectivity index (χ0n) is 20.3. The Morgan fingerprint density at radius 2 is 0.800 bits per heavy atom. The molecule has 0 radical (unpaired) electrons. The van der Waals surface area contributed by atoms with Gasteiger partial charge < -0.3 is 39.0 Å². The summed E-state index contributed by atoms with van der Waals surface area (Å²) in [6, 6.07) is 0. The van der Waals surface area contributed by atoms with Crippen molar-refractivity contribution in [3.63, 3.8) is 0 Å². The predicted molar refractivity (Wildman–Crippen MR) is 116 cm³/mol. The first-order chi connectivity index (χ1) is 13.7. The molecule has 0 aromatic carbocycles. The molecule has 0 spiro atoms. The smallest absolute Gasteiger partial charge is 0.101 e. The molecule has 0 unspecified atom stereocenters. The Hall–Kier alpha value is -1.22. The lowest BCUT2D eigenvalue weighted by Gasteiger charge is -2.21. The fraction of sp³-hybridized carbons (Fsp3) is 0.909. The van der Waals surface area contributed by atoms with Gasteiger partial charge in [-0.3, -0.25) is 0 Å². The minimum atomic E-state index is -0.970. The lowest BCUT2D eigenvalue weighted by atomic mass is 10.1. The van der Waals surface area contributed by atoms with Gasteiger partial charge in [-0.15, -0.1) is 0 Å². The Balaban J connectivity index is -0.000000430. The van der Waals surface area contributed by atoms with E-state index in [1.807, 2.05) is 0 Å². The first kappa shape index (κ1) is 33.4. The summed E-state index contributed by atoms with van der Waals surface area (Å²) in [6.45, 7) is 2.23. The number of hydrogen-bond donors (Lipinski definition) is 2. The lowest BCUT2D eigenvalue weighted by molar-refractivity contribution is -0.870. The SMILES string of the molecule is C[N+](C)(C)CCO.C[N+](C)(C)CCO.O=C([O-])CCCCCCCCCCC(=O)[O-]. The second kappa shape index (κ2) is 21.0. The molecular weight excluding hydrogens is 388 g/mol. The highest BCUT2D eigenvalue weighted by Gasteiger charge is 2.02. The van der Waals surface area contributed by atoms with Crippen molar-refractivity contribution in [3.8, 4) is 0 Å². The van der Waals surface area contributed by atoms with Crippen LogP contribution in [0, 0.1) is 0 Å². The number of carboxylic acid groups (broad SMARTS) is 2. The van der Waals surface area contributed by atoms with Crippen LogP contribution in [0.15, 0.2) is 0 Å². The summed E-state index contributed by atoms with van der Waals surface area (Å²) in [4.78, 5) is 20.2. The monoisotopic (exact) mass is 436 g/mol. The Labute approximate surface area is 184 Å². The van der Waals surface area contributed by atoms with E-state index in [1.165, 1.54) is 0 Å². The molecule has 0 aromatic rings. The molecule has 0 atom stereocenters. The largest absolute Gasteiger partial charge is 0.550 e. The third kappa shape index (κ3) is 45.5. The average Bonchev–Trinajstić information content (AvgIpc) is 2.55. The van der Waals surface area contributed by atoms with Crippen LogP contribution in [0.3, 0.4) is 0 Å². The minimum Gasteiger partial charge on any atom is -0.550 e. The second-order valence-electron chi connectivity index (χ2n) is 9.55. The van der Waals surface area contributed by atoms with Crippen molar-refractivity contribution in [1.82, 2.24) is 0 Å². The number of carbonyl (C=O) groups excluding carboxylic acids is 2. The van der Waals surface area contributed by atoms with Crippen LogP contribution in [0.5, 0.6) is 0 Å². The molecule has 0 aromatic heterocycles. The molecule has 0 amide bonds. The van der Waals surface area contributed by atoms with Crippen LogP contribution in [-0.2, 0) is 9.59 Å². The van der Waals surface area contributed by atoms with Gasteiger partial charge in [-0.25, -0.2) is 0 Å². The summed E-state index contributed by atoms with van der Waals surface area (Å²) in [7, 11) is 12.3. The molecule has 0 bridgehead atoms. The van der Waals surface area contributed by atoms with Gasteiger partial charge in [0, 0.05) is 11.9 Å². The van der Waals surface area contributed by atoms with E-state index in [1.54, 1.807) is 0 Å². The van der Waals surface area contributed by atoms with Crippen molar-refractivity contribution in [2.45, 2.75) is 64.2 Å². The fourth-order valence-corrected chi connectivity index (χ4v) is 2.20. The van der Waals surface area contributed by atoms with Gasteiger partial charge in [0.05, 0.1) is 55.5 Å². The van der Waals surface area contributed by atoms with Crippen molar-refractivity contribution in [2.24, 2.45) is 0 Å². The predicted octanol–water partition coefficient (Wildman–Crippen LogP) is -0.243. The Morgan fingerprint density at radius 1 is 0.567 bits per heavy atom. The average molecular weight is 437 g/mol. The molecule has 0 aliphatic rings. The zero-order chi connectivity index (χ0) is 24.1. The van der Waals surface area contributed by atoms with Gasteiger partial charge in [0.2, 0.25) is 0 Å². The number of carbonyl (C=O) groups is 2. The number of aliphatic hydroxyl groups excluding tert-OH is 2. The molecule has 8 heteroatoms. The Morgan fingerprint density at radius 3 is 0.933 bits per heavy atom. The third-order valence-electron chi connectivity index (χ3n) is 4.05. The van der Waals surface area contributed by atoms with Crippen LogP contribution in [-0.4, -0.2) is 99.7 Å². The van der Waals surface area contributed by atoms with Crippen LogP contribution in [0.1, 0.15) is 64.2 Å². The number of aliphatic hydroxyl groups is 2. The van der Waals surface area contributed by atoms with Gasteiger partial charge >= 0.3 is 0 Å². The molecule has 0 saturated carbocycles. The molecule has 0 rings (SSSR count). The summed E-state index contributed by atoms with van der Waals surface area (Å²) in [5.41, 5.74) is 0. The van der Waals surface area contributed by atoms with Crippen LogP contribution in [0.4, 0.5) is 0 Å². The molecule has 30 heavy (non-hydrogen) atoms. The number of hydrogen-bond acceptors (Lipinski definition) is 6. The number of quaternary nitrogens is 2. The topological polar surface area (TPSA) is 121 Å². The van der Waals surface area contributed by atoms with Gasteiger partial charge in [0.1, 0.15) is 13.1 Å². The van der Waals surface area contributed by atoms with E-state index in [0.717, 1.165) is 60.6 Å². The standard InChI is InChI=1S/C12H22O4.2C5H14NO/c13-11(14)9-7-5-3-1-2-4-6-8-10-12(15)16;2*1-6(2,3)4-5-7/h1-10H2,(H,13,14)(H,15,16);2*7H,4-5H2,1-3H3/q;2*+1/p-2. The number of likely N-dealkylation sites (N-methyl/N-ethyl adjacent to an activating group) is 2. The highest BCUT2D eigenvalue weighted by atomic mass is 16.4. The molecule has 8 nitrogen and oxygen atoms in total. The highest BCUT2D eigenvalue weighted by Crippen LogP contribution is 2.10. The quantitative estimate of drug-likeness (QED) is 0.270. The first-order valence-electron chi connectivity index (χ1n) is 11.0. The Kier molecular flexibility index (Phi) is 23.4. The van der Waals surface area contributed by atoms with Crippen molar-refractivity contribution in [2.75, 3.05) is 68.6 Å². The second-order valence-corrected chi connectivity index (χ2v) is 9.55. The molecule has 0 saturated heterocycles. The zero-order valence-corrected chi connectivity index (χ0v) is 20.3. The molecule has 182 valence electrons. The van der Waals surface area contributed by atoms with Crippen LogP contribution < -0.4 is 10.2 Å². The number of rotatable bonds is 15. The van der Waals surface area contributed by atoms with Crippen molar-refractivity contribution in [3.05, 3.63) is 0 Å². The van der Waals surface area contributed by atoms with Crippen molar-refractivity contribution in [1.29, 1.82) is 0 Å². The minimum absolute atomic E-state index is 0.158. The van der Waals surface area contributed by atoms with E-state index in [2.05, 4.69) is 42.3 Å². The lowest BCUT2D eigenvalue weighted by Crippen LogP contribution is -2.36. The van der Waals surface area contributed by atoms with E-state index in [0.29, 0.717) is 12.8 Å². The van der Waals surface area contributed by atoms with E-state index in [-0.39, 0.29) is 26.1 Å². The molecule has 0 fully saturated rings. The van der Waals surface area contributed by atoms with Crippen molar-refractivity contribution >= 4 is 11.9 Å². The van der Waals surface area contributed by atoms with Crippen LogP contribution in [0.25, 0.3) is 0 Å². The summed E-state index contributed by atoms with van der Waals surface area (Å²) in [5.74, 6) is -1.94. The summed E-state index contributed by atoms with van der Waals surface area (Å²) in [5, 5.41) is 37.0. The summed E-state index contributed by atoms with van der Waals surface area (Å²) >= 11 is 0. The molecule has 0 heterocycles. The third-order valence-corrected chi connectivity index (χ3v) is 4.05. The van der Waals surface area contributed by atoms with Crippen molar-refractivity contribution < 1.29 is 39.0 Å². The Bertz CT molecular complexity index is 365. The van der Waals surface area contributed by atoms with E-state index < -0.39 is 11.9 Å². The maximum absolute atomic E-state index is 10.1. The van der Waals surface area contributed by atoms with E-state index in [4.69, 9.17) is 10.2 Å².